The van der Waals surface area contributed by atoms with Gasteiger partial charge in [0.15, 0.2) is 0 Å². The van der Waals surface area contributed by atoms with Crippen LogP contribution in [0.2, 0.25) is 0 Å². The smallest absolute Gasteiger partial charge is 0.00162 e. The molecule has 0 spiro atoms. The first-order chi connectivity index (χ1) is 6.83. The number of hydrogen-bond donors (Lipinski definition) is 1. The fourth-order valence-corrected chi connectivity index (χ4v) is 2.05. The van der Waals surface area contributed by atoms with Gasteiger partial charge in [0.2, 0.25) is 0 Å². The van der Waals surface area contributed by atoms with Gasteiger partial charge in [-0.25, -0.2) is 0 Å². The monoisotopic (exact) mass is 198 g/mol. The Morgan fingerprint density at radius 1 is 1.21 bits per heavy atom. The first-order valence-corrected chi connectivity index (χ1v) is 6.26. The van der Waals surface area contributed by atoms with Crippen molar-refractivity contribution in [1.82, 2.24) is 10.2 Å². The van der Waals surface area contributed by atoms with Crippen LogP contribution in [-0.4, -0.2) is 37.6 Å². The number of unbranched alkanes of at least 4 members (excludes halogenated alkanes) is 1. The molecule has 0 aromatic heterocycles. The minimum Gasteiger partial charge on any atom is -0.317 e. The first kappa shape index (κ1) is 12.0. The Bertz CT molecular complexity index is 128. The van der Waals surface area contributed by atoms with Crippen molar-refractivity contribution in [3.8, 4) is 0 Å². The molecule has 1 aliphatic rings. The Morgan fingerprint density at radius 3 is 2.57 bits per heavy atom. The summed E-state index contributed by atoms with van der Waals surface area (Å²) in [6.45, 7) is 10.8. The SMILES string of the molecule is CCNCCCCN1CCC(C)CC1. The average molecular weight is 198 g/mol. The van der Waals surface area contributed by atoms with Crippen molar-refractivity contribution < 1.29 is 0 Å². The minimum atomic E-state index is 0.966. The standard InChI is InChI=1S/C12H26N2/c1-3-13-8-4-5-9-14-10-6-12(2)7-11-14/h12-13H,3-11H2,1-2H3. The van der Waals surface area contributed by atoms with Gasteiger partial charge in [-0.05, 0) is 64.3 Å². The molecule has 0 unspecified atom stereocenters. The van der Waals surface area contributed by atoms with E-state index in [1.165, 1.54) is 51.9 Å². The first-order valence-electron chi connectivity index (χ1n) is 6.26. The van der Waals surface area contributed by atoms with E-state index in [0.29, 0.717) is 0 Å². The van der Waals surface area contributed by atoms with Gasteiger partial charge in [-0.3, -0.25) is 0 Å². The zero-order valence-electron chi connectivity index (χ0n) is 9.89. The highest BCUT2D eigenvalue weighted by Gasteiger charge is 2.14. The Balaban J connectivity index is 1.91. The van der Waals surface area contributed by atoms with E-state index in [0.717, 1.165) is 12.5 Å². The molecule has 84 valence electrons. The van der Waals surface area contributed by atoms with E-state index in [2.05, 4.69) is 24.1 Å². The molecule has 2 heteroatoms. The van der Waals surface area contributed by atoms with E-state index in [-0.39, 0.29) is 0 Å². The molecule has 1 heterocycles. The van der Waals surface area contributed by atoms with Crippen LogP contribution in [0.15, 0.2) is 0 Å². The summed E-state index contributed by atoms with van der Waals surface area (Å²) < 4.78 is 0. The molecule has 14 heavy (non-hydrogen) atoms. The molecule has 2 nitrogen and oxygen atoms in total. The zero-order chi connectivity index (χ0) is 10.2. The predicted molar refractivity (Wildman–Crippen MR) is 62.6 cm³/mol. The minimum absolute atomic E-state index is 0.966. The Labute approximate surface area is 89.1 Å². The summed E-state index contributed by atoms with van der Waals surface area (Å²) in [6, 6.07) is 0. The maximum Gasteiger partial charge on any atom is -0.00162 e. The van der Waals surface area contributed by atoms with E-state index in [1.807, 2.05) is 0 Å². The maximum atomic E-state index is 3.37. The van der Waals surface area contributed by atoms with Crippen LogP contribution in [0.3, 0.4) is 0 Å². The van der Waals surface area contributed by atoms with E-state index in [4.69, 9.17) is 0 Å². The van der Waals surface area contributed by atoms with Crippen LogP contribution in [0.25, 0.3) is 0 Å². The average Bonchev–Trinajstić information content (AvgIpc) is 2.21. The van der Waals surface area contributed by atoms with Crippen LogP contribution >= 0.6 is 0 Å². The van der Waals surface area contributed by atoms with Gasteiger partial charge in [-0.15, -0.1) is 0 Å². The quantitative estimate of drug-likeness (QED) is 0.658. The molecule has 0 radical (unpaired) electrons. The molecule has 0 saturated carbocycles. The lowest BCUT2D eigenvalue weighted by Crippen LogP contribution is -2.33. The lowest BCUT2D eigenvalue weighted by Gasteiger charge is -2.30. The second-order valence-electron chi connectivity index (χ2n) is 4.58. The van der Waals surface area contributed by atoms with E-state index >= 15 is 0 Å². The van der Waals surface area contributed by atoms with Gasteiger partial charge >= 0.3 is 0 Å². The lowest BCUT2D eigenvalue weighted by molar-refractivity contribution is 0.189. The van der Waals surface area contributed by atoms with Crippen LogP contribution in [0.4, 0.5) is 0 Å². The third-order valence-corrected chi connectivity index (χ3v) is 3.20. The number of likely N-dealkylation sites (tertiary alicyclic amines) is 1. The van der Waals surface area contributed by atoms with Crippen molar-refractivity contribution >= 4 is 0 Å². The fraction of sp³-hybridized carbons (Fsp3) is 1.00. The van der Waals surface area contributed by atoms with Gasteiger partial charge < -0.3 is 10.2 Å². The van der Waals surface area contributed by atoms with E-state index < -0.39 is 0 Å². The lowest BCUT2D eigenvalue weighted by atomic mass is 9.99. The maximum absolute atomic E-state index is 3.37. The molecule has 1 saturated heterocycles. The van der Waals surface area contributed by atoms with Gasteiger partial charge in [-0.1, -0.05) is 13.8 Å². The van der Waals surface area contributed by atoms with Crippen LogP contribution in [0.5, 0.6) is 0 Å². The fourth-order valence-electron chi connectivity index (χ4n) is 2.05. The molecule has 0 aromatic rings. The summed E-state index contributed by atoms with van der Waals surface area (Å²) >= 11 is 0. The molecule has 0 aromatic carbocycles. The van der Waals surface area contributed by atoms with Gasteiger partial charge in [0, 0.05) is 0 Å². The normalized spacial score (nSPS) is 20.1. The van der Waals surface area contributed by atoms with Crippen LogP contribution < -0.4 is 5.32 Å². The van der Waals surface area contributed by atoms with Crippen molar-refractivity contribution in [2.24, 2.45) is 5.92 Å². The van der Waals surface area contributed by atoms with Gasteiger partial charge in [0.1, 0.15) is 0 Å². The highest BCUT2D eigenvalue weighted by atomic mass is 15.1. The summed E-state index contributed by atoms with van der Waals surface area (Å²) in [4.78, 5) is 2.63. The van der Waals surface area contributed by atoms with Gasteiger partial charge in [-0.2, -0.15) is 0 Å². The summed E-state index contributed by atoms with van der Waals surface area (Å²) in [6.07, 6.45) is 5.52. The Kier molecular flexibility index (Phi) is 6.20. The molecule has 0 atom stereocenters. The third kappa shape index (κ3) is 4.97. The molecule has 1 fully saturated rings. The highest BCUT2D eigenvalue weighted by molar-refractivity contribution is 4.69. The van der Waals surface area contributed by atoms with Crippen LogP contribution in [0.1, 0.15) is 39.5 Å². The Morgan fingerprint density at radius 2 is 1.93 bits per heavy atom. The van der Waals surface area contributed by atoms with Crippen LogP contribution in [0, 0.1) is 5.92 Å². The molecule has 1 N–H and O–H groups in total. The zero-order valence-corrected chi connectivity index (χ0v) is 9.89. The second-order valence-corrected chi connectivity index (χ2v) is 4.58. The number of nitrogens with one attached hydrogen (secondary N) is 1. The summed E-state index contributed by atoms with van der Waals surface area (Å²) in [5.74, 6) is 0.966. The topological polar surface area (TPSA) is 15.3 Å². The third-order valence-electron chi connectivity index (χ3n) is 3.20. The molecular formula is C12H26N2. The second kappa shape index (κ2) is 7.24. The van der Waals surface area contributed by atoms with Gasteiger partial charge in [0.05, 0.1) is 0 Å². The predicted octanol–water partition coefficient (Wildman–Crippen LogP) is 2.11. The number of piperidine rings is 1. The Hall–Kier alpha value is -0.0800. The largest absolute Gasteiger partial charge is 0.317 e. The molecule has 1 aliphatic heterocycles. The molecule has 0 aliphatic carbocycles. The van der Waals surface area contributed by atoms with Crippen molar-refractivity contribution in [2.75, 3.05) is 32.7 Å². The van der Waals surface area contributed by atoms with Crippen molar-refractivity contribution in [2.45, 2.75) is 39.5 Å². The molecular weight excluding hydrogens is 172 g/mol. The van der Waals surface area contributed by atoms with Crippen LogP contribution in [-0.2, 0) is 0 Å². The highest BCUT2D eigenvalue weighted by Crippen LogP contribution is 2.15. The summed E-state index contributed by atoms with van der Waals surface area (Å²) in [5.41, 5.74) is 0. The van der Waals surface area contributed by atoms with Crippen molar-refractivity contribution in [1.29, 1.82) is 0 Å². The van der Waals surface area contributed by atoms with Gasteiger partial charge in [0.25, 0.3) is 0 Å². The molecule has 0 amide bonds. The number of hydrogen-bond acceptors (Lipinski definition) is 2. The number of rotatable bonds is 6. The van der Waals surface area contributed by atoms with E-state index in [9.17, 15) is 0 Å². The molecule has 0 bridgehead atoms. The molecule has 1 rings (SSSR count). The van der Waals surface area contributed by atoms with E-state index in [1.54, 1.807) is 0 Å². The number of nitrogens with zero attached hydrogens (tertiary/aromatic N) is 1. The van der Waals surface area contributed by atoms with Crippen molar-refractivity contribution in [3.05, 3.63) is 0 Å². The van der Waals surface area contributed by atoms with Crippen molar-refractivity contribution in [3.63, 3.8) is 0 Å². The summed E-state index contributed by atoms with van der Waals surface area (Å²) in [5, 5.41) is 3.37. The summed E-state index contributed by atoms with van der Waals surface area (Å²) in [7, 11) is 0.